The van der Waals surface area contributed by atoms with Gasteiger partial charge in [0.25, 0.3) is 0 Å². The van der Waals surface area contributed by atoms with Gasteiger partial charge in [-0.3, -0.25) is 4.99 Å². The molecular weight excluding hydrogens is 264 g/mol. The Bertz CT molecular complexity index is 415. The molecule has 2 rings (SSSR count). The normalized spacial score (nSPS) is 24.1. The Kier molecular flexibility index (Phi) is 5.04. The van der Waals surface area contributed by atoms with Gasteiger partial charge in [0.05, 0.1) is 12.3 Å². The molecule has 6 nitrogen and oxygen atoms in total. The molecule has 0 aromatic rings. The molecule has 0 aromatic heterocycles. The van der Waals surface area contributed by atoms with E-state index < -0.39 is 10.0 Å². The molecule has 0 unspecified atom stereocenters. The minimum Gasteiger partial charge on any atom is -0.357 e. The predicted octanol–water partition coefficient (Wildman–Crippen LogP) is 0.0832. The fourth-order valence-electron chi connectivity index (χ4n) is 2.56. The standard InChI is InChI=1S/C12H24N4O2S/c1-2-13-12(15-7-3-4-8-15)14-6-10-16-9-5-11-19(16,17)18/h2-11H2,1H3,(H,13,14). The van der Waals surface area contributed by atoms with E-state index in [0.29, 0.717) is 25.4 Å². The number of nitrogens with one attached hydrogen (secondary N) is 1. The molecule has 19 heavy (non-hydrogen) atoms. The highest BCUT2D eigenvalue weighted by Crippen LogP contribution is 2.12. The van der Waals surface area contributed by atoms with Gasteiger partial charge in [-0.1, -0.05) is 0 Å². The number of likely N-dealkylation sites (tertiary alicyclic amines) is 1. The van der Waals surface area contributed by atoms with Crippen LogP contribution >= 0.6 is 0 Å². The van der Waals surface area contributed by atoms with Gasteiger partial charge in [-0.25, -0.2) is 12.7 Å². The number of nitrogens with zero attached hydrogens (tertiary/aromatic N) is 3. The Balaban J connectivity index is 1.87. The van der Waals surface area contributed by atoms with Crippen molar-refractivity contribution in [3.63, 3.8) is 0 Å². The van der Waals surface area contributed by atoms with Gasteiger partial charge >= 0.3 is 0 Å². The van der Waals surface area contributed by atoms with E-state index in [1.54, 1.807) is 4.31 Å². The fraction of sp³-hybridized carbons (Fsp3) is 0.917. The van der Waals surface area contributed by atoms with Gasteiger partial charge in [-0.15, -0.1) is 0 Å². The Morgan fingerprint density at radius 2 is 1.95 bits per heavy atom. The summed E-state index contributed by atoms with van der Waals surface area (Å²) < 4.78 is 24.9. The van der Waals surface area contributed by atoms with Gasteiger partial charge in [0.2, 0.25) is 10.0 Å². The van der Waals surface area contributed by atoms with Gasteiger partial charge in [0, 0.05) is 32.7 Å². The number of rotatable bonds is 4. The van der Waals surface area contributed by atoms with Crippen LogP contribution in [-0.2, 0) is 10.0 Å². The minimum absolute atomic E-state index is 0.295. The maximum Gasteiger partial charge on any atom is 0.214 e. The minimum atomic E-state index is -2.99. The summed E-state index contributed by atoms with van der Waals surface area (Å²) in [5.41, 5.74) is 0. The lowest BCUT2D eigenvalue weighted by Gasteiger charge is -2.21. The van der Waals surface area contributed by atoms with Gasteiger partial charge in [-0.05, 0) is 26.2 Å². The van der Waals surface area contributed by atoms with Crippen molar-refractivity contribution in [2.45, 2.75) is 26.2 Å². The summed E-state index contributed by atoms with van der Waals surface area (Å²) in [4.78, 5) is 6.80. The van der Waals surface area contributed by atoms with Crippen LogP contribution in [0, 0.1) is 0 Å². The Morgan fingerprint density at radius 1 is 1.21 bits per heavy atom. The number of sulfonamides is 1. The van der Waals surface area contributed by atoms with Crippen LogP contribution in [-0.4, -0.2) is 68.6 Å². The summed E-state index contributed by atoms with van der Waals surface area (Å²) in [5, 5.41) is 3.28. The van der Waals surface area contributed by atoms with Gasteiger partial charge in [-0.2, -0.15) is 0 Å². The Labute approximate surface area is 115 Å². The van der Waals surface area contributed by atoms with E-state index in [0.717, 1.165) is 32.0 Å². The zero-order valence-electron chi connectivity index (χ0n) is 11.6. The van der Waals surface area contributed by atoms with E-state index >= 15 is 0 Å². The second kappa shape index (κ2) is 6.56. The average Bonchev–Trinajstić information content (AvgIpc) is 2.98. The third-order valence-corrected chi connectivity index (χ3v) is 5.51. The van der Waals surface area contributed by atoms with E-state index in [2.05, 4.69) is 22.1 Å². The van der Waals surface area contributed by atoms with Crippen molar-refractivity contribution in [1.82, 2.24) is 14.5 Å². The number of hydrogen-bond donors (Lipinski definition) is 1. The monoisotopic (exact) mass is 288 g/mol. The van der Waals surface area contributed by atoms with Crippen molar-refractivity contribution >= 4 is 16.0 Å². The van der Waals surface area contributed by atoms with E-state index in [1.807, 2.05) is 0 Å². The molecule has 0 saturated carbocycles. The van der Waals surface area contributed by atoms with Crippen LogP contribution < -0.4 is 5.32 Å². The molecule has 0 aliphatic carbocycles. The topological polar surface area (TPSA) is 65.0 Å². The second-order valence-corrected chi connectivity index (χ2v) is 7.09. The van der Waals surface area contributed by atoms with Crippen LogP contribution in [0.3, 0.4) is 0 Å². The van der Waals surface area contributed by atoms with Crippen molar-refractivity contribution in [2.75, 3.05) is 45.0 Å². The quantitative estimate of drug-likeness (QED) is 0.588. The highest BCUT2D eigenvalue weighted by atomic mass is 32.2. The summed E-state index contributed by atoms with van der Waals surface area (Å²) in [5.74, 6) is 1.22. The number of guanidine groups is 1. The average molecular weight is 288 g/mol. The van der Waals surface area contributed by atoms with E-state index in [-0.39, 0.29) is 0 Å². The lowest BCUT2D eigenvalue weighted by atomic mass is 10.4. The molecule has 2 aliphatic rings. The molecule has 0 atom stereocenters. The molecule has 2 aliphatic heterocycles. The van der Waals surface area contributed by atoms with Crippen molar-refractivity contribution in [3.8, 4) is 0 Å². The summed E-state index contributed by atoms with van der Waals surface area (Å²) in [6.07, 6.45) is 3.17. The molecule has 2 fully saturated rings. The lowest BCUT2D eigenvalue weighted by Crippen LogP contribution is -2.40. The predicted molar refractivity (Wildman–Crippen MR) is 76.8 cm³/mol. The van der Waals surface area contributed by atoms with Crippen LogP contribution in [0.4, 0.5) is 0 Å². The molecule has 7 heteroatoms. The largest absolute Gasteiger partial charge is 0.357 e. The molecule has 0 amide bonds. The SMILES string of the molecule is CCNC(=NCCN1CCCS1(=O)=O)N1CCCC1. The smallest absolute Gasteiger partial charge is 0.214 e. The Hall–Kier alpha value is -0.820. The maximum absolute atomic E-state index is 11.7. The molecule has 2 heterocycles. The highest BCUT2D eigenvalue weighted by Gasteiger charge is 2.27. The van der Waals surface area contributed by atoms with Crippen LogP contribution in [0.2, 0.25) is 0 Å². The zero-order valence-corrected chi connectivity index (χ0v) is 12.5. The van der Waals surface area contributed by atoms with Gasteiger partial charge < -0.3 is 10.2 Å². The fourth-order valence-corrected chi connectivity index (χ4v) is 4.08. The molecule has 1 N–H and O–H groups in total. The summed E-state index contributed by atoms with van der Waals surface area (Å²) in [7, 11) is -2.99. The van der Waals surface area contributed by atoms with Crippen LogP contribution in [0.5, 0.6) is 0 Å². The molecule has 0 radical (unpaired) electrons. The summed E-state index contributed by atoms with van der Waals surface area (Å²) in [6.45, 7) is 6.69. The van der Waals surface area contributed by atoms with Crippen LogP contribution in [0.25, 0.3) is 0 Å². The zero-order chi connectivity index (χ0) is 13.7. The van der Waals surface area contributed by atoms with Crippen molar-refractivity contribution in [1.29, 1.82) is 0 Å². The number of aliphatic imine (C=N–C) groups is 1. The first-order valence-corrected chi connectivity index (χ1v) is 8.75. The van der Waals surface area contributed by atoms with E-state index in [1.165, 1.54) is 12.8 Å². The van der Waals surface area contributed by atoms with E-state index in [9.17, 15) is 8.42 Å². The van der Waals surface area contributed by atoms with Crippen molar-refractivity contribution < 1.29 is 8.42 Å². The number of hydrogen-bond acceptors (Lipinski definition) is 3. The first-order chi connectivity index (χ1) is 9.13. The maximum atomic E-state index is 11.7. The summed E-state index contributed by atoms with van der Waals surface area (Å²) in [6, 6.07) is 0. The van der Waals surface area contributed by atoms with E-state index in [4.69, 9.17) is 0 Å². The molecule has 0 aromatic carbocycles. The van der Waals surface area contributed by atoms with Crippen LogP contribution in [0.1, 0.15) is 26.2 Å². The van der Waals surface area contributed by atoms with Crippen molar-refractivity contribution in [2.24, 2.45) is 4.99 Å². The highest BCUT2D eigenvalue weighted by molar-refractivity contribution is 7.89. The Morgan fingerprint density at radius 3 is 2.53 bits per heavy atom. The van der Waals surface area contributed by atoms with Crippen molar-refractivity contribution in [3.05, 3.63) is 0 Å². The van der Waals surface area contributed by atoms with Crippen LogP contribution in [0.15, 0.2) is 4.99 Å². The molecule has 0 spiro atoms. The first kappa shape index (κ1) is 14.6. The van der Waals surface area contributed by atoms with Gasteiger partial charge in [0.1, 0.15) is 0 Å². The third-order valence-electron chi connectivity index (χ3n) is 3.55. The molecular formula is C12H24N4O2S. The summed E-state index contributed by atoms with van der Waals surface area (Å²) >= 11 is 0. The first-order valence-electron chi connectivity index (χ1n) is 7.14. The molecule has 2 saturated heterocycles. The lowest BCUT2D eigenvalue weighted by molar-refractivity contribution is 0.447. The molecule has 110 valence electrons. The molecule has 0 bridgehead atoms. The second-order valence-electron chi connectivity index (χ2n) is 5.00. The van der Waals surface area contributed by atoms with Gasteiger partial charge in [0.15, 0.2) is 5.96 Å². The third kappa shape index (κ3) is 3.82.